The van der Waals surface area contributed by atoms with Crippen LogP contribution in [-0.2, 0) is 0 Å². The molecule has 0 unspecified atom stereocenters. The number of likely N-dealkylation sites (tertiary alicyclic amines) is 1. The van der Waals surface area contributed by atoms with Gasteiger partial charge in [0.1, 0.15) is 0 Å². The number of carbonyl (C=O) groups excluding carboxylic acids is 1. The van der Waals surface area contributed by atoms with Crippen LogP contribution in [0.4, 0.5) is 0 Å². The van der Waals surface area contributed by atoms with Crippen LogP contribution < -0.4 is 0 Å². The van der Waals surface area contributed by atoms with Crippen LogP contribution in [0.2, 0.25) is 5.02 Å². The zero-order valence-electron chi connectivity index (χ0n) is 9.29. The zero-order valence-corrected chi connectivity index (χ0v) is 10.0. The van der Waals surface area contributed by atoms with Gasteiger partial charge in [0.05, 0.1) is 0 Å². The molecule has 86 valence electrons. The van der Waals surface area contributed by atoms with E-state index in [4.69, 9.17) is 11.6 Å². The molecule has 1 aromatic rings. The van der Waals surface area contributed by atoms with E-state index in [9.17, 15) is 4.79 Å². The number of benzene rings is 1. The first-order valence-electron chi connectivity index (χ1n) is 5.82. The summed E-state index contributed by atoms with van der Waals surface area (Å²) < 4.78 is 0. The molecular weight excluding hydrogens is 222 g/mol. The van der Waals surface area contributed by atoms with Gasteiger partial charge in [-0.25, -0.2) is 0 Å². The molecule has 1 aliphatic heterocycles. The van der Waals surface area contributed by atoms with E-state index in [2.05, 4.69) is 0 Å². The molecule has 2 nitrogen and oxygen atoms in total. The lowest BCUT2D eigenvalue weighted by Crippen LogP contribution is -2.31. The van der Waals surface area contributed by atoms with Gasteiger partial charge in [-0.05, 0) is 31.0 Å². The molecule has 0 atom stereocenters. The largest absolute Gasteiger partial charge is 0.339 e. The monoisotopic (exact) mass is 237 g/mol. The van der Waals surface area contributed by atoms with Crippen molar-refractivity contribution in [3.63, 3.8) is 0 Å². The molecule has 0 saturated carbocycles. The van der Waals surface area contributed by atoms with Crippen LogP contribution in [0.1, 0.15) is 36.0 Å². The highest BCUT2D eigenvalue weighted by molar-refractivity contribution is 6.30. The lowest BCUT2D eigenvalue weighted by Gasteiger charge is -2.20. The lowest BCUT2D eigenvalue weighted by molar-refractivity contribution is 0.0761. The Labute approximate surface area is 101 Å². The van der Waals surface area contributed by atoms with Crippen molar-refractivity contribution >= 4 is 17.5 Å². The van der Waals surface area contributed by atoms with Crippen LogP contribution in [0, 0.1) is 0 Å². The Morgan fingerprint density at radius 1 is 1.12 bits per heavy atom. The van der Waals surface area contributed by atoms with E-state index in [1.54, 1.807) is 12.1 Å². The van der Waals surface area contributed by atoms with Crippen molar-refractivity contribution in [2.24, 2.45) is 0 Å². The number of halogens is 1. The fraction of sp³-hybridized carbons (Fsp3) is 0.462. The molecule has 0 bridgehead atoms. The summed E-state index contributed by atoms with van der Waals surface area (Å²) in [6.07, 6.45) is 4.71. The molecule has 1 aliphatic rings. The van der Waals surface area contributed by atoms with Gasteiger partial charge < -0.3 is 4.90 Å². The normalized spacial score (nSPS) is 16.9. The van der Waals surface area contributed by atoms with Crippen LogP contribution in [0.25, 0.3) is 0 Å². The number of hydrogen-bond acceptors (Lipinski definition) is 1. The first-order valence-corrected chi connectivity index (χ1v) is 6.20. The van der Waals surface area contributed by atoms with Crippen molar-refractivity contribution < 1.29 is 4.79 Å². The fourth-order valence-corrected chi connectivity index (χ4v) is 2.27. The summed E-state index contributed by atoms with van der Waals surface area (Å²) in [5.74, 6) is 0.115. The Morgan fingerprint density at radius 2 is 1.81 bits per heavy atom. The number of amides is 1. The maximum atomic E-state index is 12.2. The highest BCUT2D eigenvalue weighted by atomic mass is 35.5. The first-order chi connectivity index (χ1) is 7.77. The molecule has 0 radical (unpaired) electrons. The second-order valence-corrected chi connectivity index (χ2v) is 4.65. The van der Waals surface area contributed by atoms with Gasteiger partial charge in [0.25, 0.3) is 5.91 Å². The number of nitrogens with zero attached hydrogens (tertiary/aromatic N) is 1. The van der Waals surface area contributed by atoms with Gasteiger partial charge >= 0.3 is 0 Å². The third-order valence-electron chi connectivity index (χ3n) is 2.96. The van der Waals surface area contributed by atoms with Gasteiger partial charge in [-0.3, -0.25) is 4.79 Å². The van der Waals surface area contributed by atoms with E-state index in [1.807, 2.05) is 17.0 Å². The standard InChI is InChI=1S/C13H16ClNO/c14-12-7-5-6-11(10-12)13(16)15-8-3-1-2-4-9-15/h5-7,10H,1-4,8-9H2. The van der Waals surface area contributed by atoms with Crippen molar-refractivity contribution in [3.8, 4) is 0 Å². The molecule has 0 aromatic heterocycles. The van der Waals surface area contributed by atoms with Gasteiger partial charge in [-0.1, -0.05) is 30.5 Å². The Kier molecular flexibility index (Phi) is 3.83. The molecule has 0 aliphatic carbocycles. The van der Waals surface area contributed by atoms with E-state index in [-0.39, 0.29) is 5.91 Å². The fourth-order valence-electron chi connectivity index (χ4n) is 2.08. The topological polar surface area (TPSA) is 20.3 Å². The Morgan fingerprint density at radius 3 is 2.44 bits per heavy atom. The summed E-state index contributed by atoms with van der Waals surface area (Å²) in [4.78, 5) is 14.1. The quantitative estimate of drug-likeness (QED) is 0.734. The minimum Gasteiger partial charge on any atom is -0.339 e. The Bertz CT molecular complexity index is 370. The van der Waals surface area contributed by atoms with Gasteiger partial charge in [0, 0.05) is 23.7 Å². The second-order valence-electron chi connectivity index (χ2n) is 4.22. The maximum Gasteiger partial charge on any atom is 0.253 e. The number of rotatable bonds is 1. The summed E-state index contributed by atoms with van der Waals surface area (Å²) in [5.41, 5.74) is 0.703. The van der Waals surface area contributed by atoms with E-state index in [1.165, 1.54) is 12.8 Å². The highest BCUT2D eigenvalue weighted by Gasteiger charge is 2.16. The lowest BCUT2D eigenvalue weighted by atomic mass is 10.2. The van der Waals surface area contributed by atoms with Crippen molar-refractivity contribution in [3.05, 3.63) is 34.9 Å². The van der Waals surface area contributed by atoms with E-state index < -0.39 is 0 Å². The van der Waals surface area contributed by atoms with Gasteiger partial charge in [-0.15, -0.1) is 0 Å². The number of hydrogen-bond donors (Lipinski definition) is 0. The molecule has 2 rings (SSSR count). The highest BCUT2D eigenvalue weighted by Crippen LogP contribution is 2.16. The Balaban J connectivity index is 2.11. The van der Waals surface area contributed by atoms with E-state index in [0.717, 1.165) is 25.9 Å². The van der Waals surface area contributed by atoms with Crippen molar-refractivity contribution in [1.29, 1.82) is 0 Å². The van der Waals surface area contributed by atoms with Crippen molar-refractivity contribution in [1.82, 2.24) is 4.90 Å². The molecule has 3 heteroatoms. The van der Waals surface area contributed by atoms with Crippen molar-refractivity contribution in [2.75, 3.05) is 13.1 Å². The predicted octanol–water partition coefficient (Wildman–Crippen LogP) is 3.36. The minimum atomic E-state index is 0.115. The minimum absolute atomic E-state index is 0.115. The van der Waals surface area contributed by atoms with Crippen LogP contribution >= 0.6 is 11.6 Å². The zero-order chi connectivity index (χ0) is 11.4. The van der Waals surface area contributed by atoms with Crippen LogP contribution in [0.5, 0.6) is 0 Å². The number of carbonyl (C=O) groups is 1. The summed E-state index contributed by atoms with van der Waals surface area (Å²) in [6, 6.07) is 7.20. The third-order valence-corrected chi connectivity index (χ3v) is 3.20. The van der Waals surface area contributed by atoms with Crippen molar-refractivity contribution in [2.45, 2.75) is 25.7 Å². The predicted molar refractivity (Wildman–Crippen MR) is 65.8 cm³/mol. The van der Waals surface area contributed by atoms with Gasteiger partial charge in [-0.2, -0.15) is 0 Å². The van der Waals surface area contributed by atoms with Gasteiger partial charge in [0.15, 0.2) is 0 Å². The molecule has 0 N–H and O–H groups in total. The van der Waals surface area contributed by atoms with E-state index in [0.29, 0.717) is 10.6 Å². The van der Waals surface area contributed by atoms with Crippen LogP contribution in [0.15, 0.2) is 24.3 Å². The summed E-state index contributed by atoms with van der Waals surface area (Å²) in [5, 5.41) is 0.626. The Hall–Kier alpha value is -1.02. The molecular formula is C13H16ClNO. The van der Waals surface area contributed by atoms with Crippen LogP contribution in [-0.4, -0.2) is 23.9 Å². The molecule has 1 aromatic carbocycles. The summed E-state index contributed by atoms with van der Waals surface area (Å²) >= 11 is 5.89. The molecule has 1 heterocycles. The summed E-state index contributed by atoms with van der Waals surface area (Å²) in [6.45, 7) is 1.76. The van der Waals surface area contributed by atoms with Gasteiger partial charge in [0.2, 0.25) is 0 Å². The molecule has 1 saturated heterocycles. The first kappa shape index (κ1) is 11.5. The summed E-state index contributed by atoms with van der Waals surface area (Å²) in [7, 11) is 0. The average Bonchev–Trinajstić information content (AvgIpc) is 2.56. The molecule has 1 fully saturated rings. The molecule has 0 spiro atoms. The van der Waals surface area contributed by atoms with E-state index >= 15 is 0 Å². The average molecular weight is 238 g/mol. The second kappa shape index (κ2) is 5.35. The molecule has 16 heavy (non-hydrogen) atoms. The molecule has 1 amide bonds. The smallest absolute Gasteiger partial charge is 0.253 e. The maximum absolute atomic E-state index is 12.2. The SMILES string of the molecule is O=C(c1cccc(Cl)c1)N1CCCCCC1. The van der Waals surface area contributed by atoms with Crippen LogP contribution in [0.3, 0.4) is 0 Å². The third kappa shape index (κ3) is 2.76.